The standard InChI is InChI=1S/C16H13BrClFO/c17-13-8-15(19)12(7-14(13)18)16(20)11-6-10(11)9-4-2-1-3-5-9/h1-5,7-8,10-11,16,20H,6H2. The van der Waals surface area contributed by atoms with E-state index in [0.717, 1.165) is 6.42 Å². The second-order valence-corrected chi connectivity index (χ2v) is 6.41. The molecular formula is C16H13BrClFO. The van der Waals surface area contributed by atoms with Gasteiger partial charge in [0.25, 0.3) is 0 Å². The average Bonchev–Trinajstić information content (AvgIpc) is 3.23. The van der Waals surface area contributed by atoms with Crippen molar-refractivity contribution in [3.63, 3.8) is 0 Å². The van der Waals surface area contributed by atoms with Crippen LogP contribution in [0.4, 0.5) is 4.39 Å². The summed E-state index contributed by atoms with van der Waals surface area (Å²) >= 11 is 9.16. The summed E-state index contributed by atoms with van der Waals surface area (Å²) in [6.07, 6.45) is 0.0592. The van der Waals surface area contributed by atoms with E-state index in [1.165, 1.54) is 17.7 Å². The molecule has 1 nitrogen and oxygen atoms in total. The molecule has 1 saturated carbocycles. The van der Waals surface area contributed by atoms with Crippen molar-refractivity contribution in [2.75, 3.05) is 0 Å². The third-order valence-corrected chi connectivity index (χ3v) is 5.03. The molecule has 4 heteroatoms. The van der Waals surface area contributed by atoms with Crippen LogP contribution in [0.3, 0.4) is 0 Å². The van der Waals surface area contributed by atoms with Crippen LogP contribution in [0.5, 0.6) is 0 Å². The molecule has 2 aromatic carbocycles. The van der Waals surface area contributed by atoms with Crippen molar-refractivity contribution in [1.29, 1.82) is 0 Å². The Bertz CT molecular complexity index is 632. The minimum absolute atomic E-state index is 0.0594. The van der Waals surface area contributed by atoms with E-state index in [1.807, 2.05) is 30.3 Å². The van der Waals surface area contributed by atoms with E-state index >= 15 is 0 Å². The lowest BCUT2D eigenvalue weighted by Gasteiger charge is -2.13. The van der Waals surface area contributed by atoms with E-state index in [4.69, 9.17) is 11.6 Å². The van der Waals surface area contributed by atoms with E-state index in [2.05, 4.69) is 15.9 Å². The van der Waals surface area contributed by atoms with Crippen molar-refractivity contribution >= 4 is 27.5 Å². The Balaban J connectivity index is 1.82. The maximum absolute atomic E-state index is 13.9. The van der Waals surface area contributed by atoms with Crippen molar-refractivity contribution < 1.29 is 9.50 Å². The fourth-order valence-electron chi connectivity index (χ4n) is 2.64. The van der Waals surface area contributed by atoms with Crippen LogP contribution in [-0.2, 0) is 0 Å². The van der Waals surface area contributed by atoms with Crippen molar-refractivity contribution in [2.45, 2.75) is 18.4 Å². The van der Waals surface area contributed by atoms with Gasteiger partial charge in [0.15, 0.2) is 0 Å². The molecule has 3 atom stereocenters. The molecule has 0 radical (unpaired) electrons. The number of aliphatic hydroxyl groups is 1. The zero-order chi connectivity index (χ0) is 14.3. The number of benzene rings is 2. The highest BCUT2D eigenvalue weighted by Crippen LogP contribution is 2.54. The van der Waals surface area contributed by atoms with Gasteiger partial charge in [0, 0.05) is 10.0 Å². The van der Waals surface area contributed by atoms with Gasteiger partial charge in [-0.1, -0.05) is 41.9 Å². The van der Waals surface area contributed by atoms with Crippen LogP contribution in [0.25, 0.3) is 0 Å². The molecule has 1 fully saturated rings. The second-order valence-electron chi connectivity index (χ2n) is 5.15. The molecule has 3 rings (SSSR count). The minimum Gasteiger partial charge on any atom is -0.388 e. The number of hydrogen-bond acceptors (Lipinski definition) is 1. The van der Waals surface area contributed by atoms with Gasteiger partial charge in [-0.25, -0.2) is 4.39 Å². The Labute approximate surface area is 130 Å². The monoisotopic (exact) mass is 354 g/mol. The fourth-order valence-corrected chi connectivity index (χ4v) is 3.13. The minimum atomic E-state index is -0.814. The van der Waals surface area contributed by atoms with E-state index in [1.54, 1.807) is 0 Å². The Kier molecular flexibility index (Phi) is 3.85. The van der Waals surface area contributed by atoms with Crippen LogP contribution in [-0.4, -0.2) is 5.11 Å². The summed E-state index contributed by atoms with van der Waals surface area (Å²) < 4.78 is 14.5. The summed E-state index contributed by atoms with van der Waals surface area (Å²) in [6.45, 7) is 0. The zero-order valence-electron chi connectivity index (χ0n) is 10.6. The van der Waals surface area contributed by atoms with Gasteiger partial charge in [-0.3, -0.25) is 0 Å². The predicted octanol–water partition coefficient (Wildman–Crippen LogP) is 5.08. The number of rotatable bonds is 3. The number of halogens is 3. The summed E-state index contributed by atoms with van der Waals surface area (Å²) in [5.74, 6) is -0.0651. The summed E-state index contributed by atoms with van der Waals surface area (Å²) in [5.41, 5.74) is 1.47. The fraction of sp³-hybridized carbons (Fsp3) is 0.250. The highest BCUT2D eigenvalue weighted by Gasteiger charge is 2.44. The highest BCUT2D eigenvalue weighted by atomic mass is 79.9. The van der Waals surface area contributed by atoms with Crippen molar-refractivity contribution in [3.8, 4) is 0 Å². The largest absolute Gasteiger partial charge is 0.388 e. The zero-order valence-corrected chi connectivity index (χ0v) is 12.9. The molecule has 0 spiro atoms. The van der Waals surface area contributed by atoms with Gasteiger partial charge in [0.2, 0.25) is 0 Å². The van der Waals surface area contributed by atoms with Gasteiger partial charge in [0.05, 0.1) is 11.1 Å². The summed E-state index contributed by atoms with van der Waals surface area (Å²) in [4.78, 5) is 0. The van der Waals surface area contributed by atoms with Gasteiger partial charge < -0.3 is 5.11 Å². The van der Waals surface area contributed by atoms with Crippen molar-refractivity contribution in [3.05, 3.63) is 68.9 Å². The molecule has 1 aliphatic carbocycles. The quantitative estimate of drug-likeness (QED) is 0.761. The molecule has 2 aromatic rings. The smallest absolute Gasteiger partial charge is 0.130 e. The van der Waals surface area contributed by atoms with Crippen LogP contribution in [0, 0.1) is 11.7 Å². The second kappa shape index (κ2) is 5.47. The normalized spacial score (nSPS) is 22.6. The lowest BCUT2D eigenvalue weighted by atomic mass is 10.0. The molecule has 3 unspecified atom stereocenters. The Morgan fingerprint density at radius 3 is 2.65 bits per heavy atom. The Morgan fingerprint density at radius 1 is 1.25 bits per heavy atom. The number of hydrogen-bond donors (Lipinski definition) is 1. The maximum atomic E-state index is 13.9. The molecule has 0 saturated heterocycles. The molecular weight excluding hydrogens is 343 g/mol. The van der Waals surface area contributed by atoms with Gasteiger partial charge in [-0.05, 0) is 51.9 Å². The van der Waals surface area contributed by atoms with Crippen LogP contribution in [0.1, 0.15) is 29.6 Å². The van der Waals surface area contributed by atoms with E-state index < -0.39 is 11.9 Å². The van der Waals surface area contributed by atoms with Gasteiger partial charge in [-0.2, -0.15) is 0 Å². The summed E-state index contributed by atoms with van der Waals surface area (Å²) in [7, 11) is 0. The first-order valence-corrected chi connectivity index (χ1v) is 7.62. The van der Waals surface area contributed by atoms with Crippen molar-refractivity contribution in [1.82, 2.24) is 0 Å². The SMILES string of the molecule is OC(c1cc(Cl)c(Br)cc1F)C1CC1c1ccccc1. The topological polar surface area (TPSA) is 20.2 Å². The molecule has 0 aromatic heterocycles. The molecule has 0 bridgehead atoms. The first kappa shape index (κ1) is 14.1. The molecule has 1 N–H and O–H groups in total. The number of aliphatic hydroxyl groups excluding tert-OH is 1. The van der Waals surface area contributed by atoms with Crippen LogP contribution in [0.15, 0.2) is 46.9 Å². The van der Waals surface area contributed by atoms with Gasteiger partial charge >= 0.3 is 0 Å². The van der Waals surface area contributed by atoms with Crippen molar-refractivity contribution in [2.24, 2.45) is 5.92 Å². The lowest BCUT2D eigenvalue weighted by Crippen LogP contribution is -2.04. The molecule has 0 heterocycles. The third kappa shape index (κ3) is 2.62. The molecule has 20 heavy (non-hydrogen) atoms. The van der Waals surface area contributed by atoms with E-state index in [0.29, 0.717) is 15.4 Å². The Morgan fingerprint density at radius 2 is 1.95 bits per heavy atom. The maximum Gasteiger partial charge on any atom is 0.130 e. The molecule has 0 amide bonds. The van der Waals surface area contributed by atoms with E-state index in [9.17, 15) is 9.50 Å². The van der Waals surface area contributed by atoms with Gasteiger partial charge in [0.1, 0.15) is 5.82 Å². The molecule has 1 aliphatic rings. The predicted molar refractivity (Wildman–Crippen MR) is 81.4 cm³/mol. The summed E-state index contributed by atoms with van der Waals surface area (Å²) in [5, 5.41) is 10.8. The first-order chi connectivity index (χ1) is 9.58. The Hall–Kier alpha value is -0.900. The third-order valence-electron chi connectivity index (χ3n) is 3.83. The summed E-state index contributed by atoms with van der Waals surface area (Å²) in [6, 6.07) is 12.8. The first-order valence-electron chi connectivity index (χ1n) is 6.45. The average molecular weight is 356 g/mol. The highest BCUT2D eigenvalue weighted by molar-refractivity contribution is 9.10. The van der Waals surface area contributed by atoms with Gasteiger partial charge in [-0.15, -0.1) is 0 Å². The molecule has 104 valence electrons. The molecule has 0 aliphatic heterocycles. The van der Waals surface area contributed by atoms with Crippen LogP contribution >= 0.6 is 27.5 Å². The van der Waals surface area contributed by atoms with E-state index in [-0.39, 0.29) is 11.5 Å². The van der Waals surface area contributed by atoms with Crippen LogP contribution < -0.4 is 0 Å². The van der Waals surface area contributed by atoms with Crippen LogP contribution in [0.2, 0.25) is 5.02 Å². The lowest BCUT2D eigenvalue weighted by molar-refractivity contribution is 0.147.